The molecule has 0 aromatic heterocycles. The number of rotatable bonds is 3. The molecular weight excluding hydrogens is 377 g/mol. The van der Waals surface area contributed by atoms with Gasteiger partial charge in [-0.3, -0.25) is 4.79 Å². The van der Waals surface area contributed by atoms with Crippen molar-refractivity contribution in [3.05, 3.63) is 59.4 Å². The summed E-state index contributed by atoms with van der Waals surface area (Å²) >= 11 is 0. The first kappa shape index (κ1) is 19.7. The van der Waals surface area contributed by atoms with Gasteiger partial charge in [-0.2, -0.15) is 0 Å². The number of nitrogens with one attached hydrogen (secondary N) is 2. The van der Waals surface area contributed by atoms with Gasteiger partial charge < -0.3 is 10.6 Å². The van der Waals surface area contributed by atoms with E-state index >= 15 is 0 Å². The number of benzene rings is 2. The summed E-state index contributed by atoms with van der Waals surface area (Å²) in [5, 5.41) is 6.61. The van der Waals surface area contributed by atoms with Crippen LogP contribution < -0.4 is 10.6 Å². The van der Waals surface area contributed by atoms with Gasteiger partial charge in [-0.25, -0.2) is 13.2 Å². The van der Waals surface area contributed by atoms with E-state index in [0.717, 1.165) is 37.8 Å². The Kier molecular flexibility index (Phi) is 5.77. The van der Waals surface area contributed by atoms with E-state index in [4.69, 9.17) is 0 Å². The highest BCUT2D eigenvalue weighted by molar-refractivity contribution is 5.94. The van der Waals surface area contributed by atoms with Gasteiger partial charge in [-0.1, -0.05) is 12.1 Å². The van der Waals surface area contributed by atoms with Crippen molar-refractivity contribution in [3.8, 4) is 11.1 Å². The number of fused-ring (bicyclic) bond motifs is 2. The Morgan fingerprint density at radius 2 is 1.48 bits per heavy atom. The van der Waals surface area contributed by atoms with E-state index in [2.05, 4.69) is 10.6 Å². The highest BCUT2D eigenvalue weighted by Gasteiger charge is 2.34. The van der Waals surface area contributed by atoms with Crippen LogP contribution in [0.5, 0.6) is 0 Å². The van der Waals surface area contributed by atoms with Crippen molar-refractivity contribution in [2.24, 2.45) is 0 Å². The number of hydrogen-bond acceptors (Lipinski definition) is 2. The van der Waals surface area contributed by atoms with Gasteiger partial charge in [0.2, 0.25) is 0 Å². The number of carbonyl (C=O) groups excluding carboxylic acids is 1. The molecule has 0 radical (unpaired) electrons. The molecule has 1 amide bonds. The van der Waals surface area contributed by atoms with Gasteiger partial charge in [0.1, 0.15) is 0 Å². The standard InChI is InChI=1S/C20H19F3N2O.ClH/c21-17-7-13(8-18(22)19(17)23)11-1-3-12(4-2-11)20(26)25-16-9-14-5-6-15(10-16)24-14;/h1-4,7-8,14-16,24H,5-6,9-10H2,(H,25,26);1H. The van der Waals surface area contributed by atoms with Crippen LogP contribution in [0.1, 0.15) is 36.0 Å². The molecule has 2 N–H and O–H groups in total. The van der Waals surface area contributed by atoms with Crippen molar-refractivity contribution in [2.75, 3.05) is 0 Å². The first-order chi connectivity index (χ1) is 12.5. The lowest BCUT2D eigenvalue weighted by Crippen LogP contribution is -2.48. The molecule has 2 saturated heterocycles. The Balaban J connectivity index is 0.00000210. The third-order valence-electron chi connectivity index (χ3n) is 5.27. The van der Waals surface area contributed by atoms with Crippen molar-refractivity contribution in [2.45, 2.75) is 43.8 Å². The molecule has 3 nitrogen and oxygen atoms in total. The van der Waals surface area contributed by atoms with Crippen LogP contribution in [0.3, 0.4) is 0 Å². The van der Waals surface area contributed by atoms with Crippen LogP contribution in [0.4, 0.5) is 13.2 Å². The Morgan fingerprint density at radius 3 is 2.04 bits per heavy atom. The van der Waals surface area contributed by atoms with Crippen molar-refractivity contribution >= 4 is 18.3 Å². The zero-order valence-electron chi connectivity index (χ0n) is 14.5. The van der Waals surface area contributed by atoms with E-state index in [9.17, 15) is 18.0 Å². The minimum absolute atomic E-state index is 0. The lowest BCUT2D eigenvalue weighted by Gasteiger charge is -2.29. The average Bonchev–Trinajstić information content (AvgIpc) is 2.97. The molecule has 2 aliphatic rings. The molecule has 2 fully saturated rings. The second-order valence-electron chi connectivity index (χ2n) is 7.11. The highest BCUT2D eigenvalue weighted by Crippen LogP contribution is 2.27. The van der Waals surface area contributed by atoms with E-state index in [0.29, 0.717) is 23.2 Å². The van der Waals surface area contributed by atoms with Crippen molar-refractivity contribution in [3.63, 3.8) is 0 Å². The van der Waals surface area contributed by atoms with Crippen molar-refractivity contribution in [1.82, 2.24) is 10.6 Å². The van der Waals surface area contributed by atoms with Gasteiger partial charge in [0.25, 0.3) is 5.91 Å². The lowest BCUT2D eigenvalue weighted by atomic mass is 9.99. The van der Waals surface area contributed by atoms with Crippen molar-refractivity contribution < 1.29 is 18.0 Å². The van der Waals surface area contributed by atoms with Gasteiger partial charge >= 0.3 is 0 Å². The second kappa shape index (κ2) is 7.90. The molecular formula is C20H20ClF3N2O. The number of piperidine rings is 1. The Morgan fingerprint density at radius 1 is 0.926 bits per heavy atom. The predicted molar refractivity (Wildman–Crippen MR) is 99.4 cm³/mol. The number of hydrogen-bond donors (Lipinski definition) is 2. The van der Waals surface area contributed by atoms with Crippen LogP contribution >= 0.6 is 12.4 Å². The van der Waals surface area contributed by atoms with Crippen molar-refractivity contribution in [1.29, 1.82) is 0 Å². The SMILES string of the molecule is Cl.O=C(NC1CC2CCC(C1)N2)c1ccc(-c2cc(F)c(F)c(F)c2)cc1. The summed E-state index contributed by atoms with van der Waals surface area (Å²) in [4.78, 5) is 12.4. The van der Waals surface area contributed by atoms with Crippen LogP contribution in [-0.2, 0) is 0 Å². The molecule has 2 atom stereocenters. The third kappa shape index (κ3) is 4.12. The topological polar surface area (TPSA) is 41.1 Å². The molecule has 7 heteroatoms. The lowest BCUT2D eigenvalue weighted by molar-refractivity contribution is 0.0924. The predicted octanol–water partition coefficient (Wildman–Crippen LogP) is 4.21. The van der Waals surface area contributed by atoms with Crippen LogP contribution in [0.15, 0.2) is 36.4 Å². The Bertz CT molecular complexity index is 809. The molecule has 27 heavy (non-hydrogen) atoms. The molecule has 0 aliphatic carbocycles. The molecule has 2 heterocycles. The molecule has 144 valence electrons. The summed E-state index contributed by atoms with van der Waals surface area (Å²) in [5.41, 5.74) is 1.23. The molecule has 2 aromatic carbocycles. The minimum atomic E-state index is -1.49. The minimum Gasteiger partial charge on any atom is -0.349 e. The van der Waals surface area contributed by atoms with Gasteiger partial charge in [0.05, 0.1) is 0 Å². The molecule has 4 rings (SSSR count). The molecule has 0 saturated carbocycles. The van der Waals surface area contributed by atoms with Crippen LogP contribution in [0.25, 0.3) is 11.1 Å². The van der Waals surface area contributed by atoms with Gasteiger partial charge in [0.15, 0.2) is 17.5 Å². The Labute approximate surface area is 161 Å². The average molecular weight is 397 g/mol. The molecule has 2 bridgehead atoms. The highest BCUT2D eigenvalue weighted by atomic mass is 35.5. The maximum atomic E-state index is 13.4. The Hall–Kier alpha value is -2.05. The monoisotopic (exact) mass is 396 g/mol. The van der Waals surface area contributed by atoms with Crippen LogP contribution in [-0.4, -0.2) is 24.0 Å². The van der Waals surface area contributed by atoms with Crippen LogP contribution in [0.2, 0.25) is 0 Å². The third-order valence-corrected chi connectivity index (χ3v) is 5.27. The van der Waals surface area contributed by atoms with Gasteiger partial charge in [-0.05, 0) is 61.1 Å². The van der Waals surface area contributed by atoms with E-state index in [1.165, 1.54) is 0 Å². The summed E-state index contributed by atoms with van der Waals surface area (Å²) < 4.78 is 39.8. The maximum absolute atomic E-state index is 13.4. The largest absolute Gasteiger partial charge is 0.349 e. The summed E-state index contributed by atoms with van der Waals surface area (Å²) in [6, 6.07) is 9.46. The number of halogens is 4. The summed E-state index contributed by atoms with van der Waals surface area (Å²) in [6.45, 7) is 0. The fraction of sp³-hybridized carbons (Fsp3) is 0.350. The van der Waals surface area contributed by atoms with Gasteiger partial charge in [0, 0.05) is 23.7 Å². The number of carbonyl (C=O) groups is 1. The fourth-order valence-electron chi connectivity index (χ4n) is 3.98. The number of amides is 1. The van der Waals surface area contributed by atoms with E-state index in [1.807, 2.05) is 0 Å². The zero-order valence-corrected chi connectivity index (χ0v) is 15.3. The molecule has 2 aromatic rings. The van der Waals surface area contributed by atoms with E-state index in [-0.39, 0.29) is 29.9 Å². The first-order valence-electron chi connectivity index (χ1n) is 8.81. The second-order valence-corrected chi connectivity index (χ2v) is 7.11. The molecule has 2 unspecified atom stereocenters. The first-order valence-corrected chi connectivity index (χ1v) is 8.81. The summed E-state index contributed by atoms with van der Waals surface area (Å²) in [7, 11) is 0. The zero-order chi connectivity index (χ0) is 18.3. The quantitative estimate of drug-likeness (QED) is 0.763. The maximum Gasteiger partial charge on any atom is 0.251 e. The van der Waals surface area contributed by atoms with Gasteiger partial charge in [-0.15, -0.1) is 12.4 Å². The summed E-state index contributed by atoms with van der Waals surface area (Å²) in [5.74, 6) is -4.11. The van der Waals surface area contributed by atoms with E-state index in [1.54, 1.807) is 24.3 Å². The normalized spacial score (nSPS) is 23.6. The molecule has 2 aliphatic heterocycles. The van der Waals surface area contributed by atoms with Crippen LogP contribution in [0, 0.1) is 17.5 Å². The molecule has 0 spiro atoms. The van der Waals surface area contributed by atoms with E-state index < -0.39 is 17.5 Å². The summed E-state index contributed by atoms with van der Waals surface area (Å²) in [6.07, 6.45) is 4.20. The fourth-order valence-corrected chi connectivity index (χ4v) is 3.98. The smallest absolute Gasteiger partial charge is 0.251 e.